The minimum atomic E-state index is -0.534. The largest absolute Gasteiger partial charge is 0.507 e. The first-order chi connectivity index (χ1) is 14.7. The number of phenols is 1. The number of nitrogens with one attached hydrogen (secondary N) is 1. The number of phenolic OH excluding ortho intramolecular Hbond substituents is 1. The average molecular weight is 652 g/mol. The van der Waals surface area contributed by atoms with Crippen molar-refractivity contribution in [2.45, 2.75) is 6.61 Å². The molecule has 0 saturated carbocycles. The lowest BCUT2D eigenvalue weighted by Crippen LogP contribution is -2.17. The molecule has 3 aromatic rings. The SMILES string of the molecule is O=C(N/N=C\c1cc(Br)c(OCc2ccc(Cl)cc2Cl)c(Br)c1)c1cc(Br)ccc1O. The van der Waals surface area contributed by atoms with Crippen molar-refractivity contribution in [3.05, 3.63) is 88.7 Å². The Morgan fingerprint density at radius 2 is 1.77 bits per heavy atom. The predicted octanol–water partition coefficient (Wildman–Crippen LogP) is 7.33. The van der Waals surface area contributed by atoms with Crippen LogP contribution >= 0.6 is 71.0 Å². The Bertz CT molecular complexity index is 1150. The highest BCUT2D eigenvalue weighted by molar-refractivity contribution is 9.11. The molecule has 0 bridgehead atoms. The third-order valence-electron chi connectivity index (χ3n) is 3.99. The number of hydrogen-bond donors (Lipinski definition) is 2. The molecule has 0 spiro atoms. The maximum atomic E-state index is 12.2. The Balaban J connectivity index is 1.68. The van der Waals surface area contributed by atoms with Crippen LogP contribution in [0.25, 0.3) is 0 Å². The van der Waals surface area contributed by atoms with E-state index in [4.69, 9.17) is 27.9 Å². The van der Waals surface area contributed by atoms with Gasteiger partial charge in [0.15, 0.2) is 0 Å². The molecule has 0 aliphatic heterocycles. The summed E-state index contributed by atoms with van der Waals surface area (Å²) in [6.07, 6.45) is 1.47. The number of hydrogen-bond acceptors (Lipinski definition) is 4. The van der Waals surface area contributed by atoms with Gasteiger partial charge < -0.3 is 9.84 Å². The number of halogens is 5. The summed E-state index contributed by atoms with van der Waals surface area (Å²) in [5, 5.41) is 14.8. The van der Waals surface area contributed by atoms with Crippen molar-refractivity contribution in [2.75, 3.05) is 0 Å². The van der Waals surface area contributed by atoms with Crippen molar-refractivity contribution < 1.29 is 14.6 Å². The monoisotopic (exact) mass is 648 g/mol. The van der Waals surface area contributed by atoms with E-state index in [9.17, 15) is 9.90 Å². The molecule has 0 radical (unpaired) electrons. The normalized spacial score (nSPS) is 11.0. The van der Waals surface area contributed by atoms with Crippen LogP contribution in [0.3, 0.4) is 0 Å². The molecule has 5 nitrogen and oxygen atoms in total. The van der Waals surface area contributed by atoms with Crippen LogP contribution in [0.4, 0.5) is 0 Å². The molecular formula is C21H13Br3Cl2N2O3. The first-order valence-electron chi connectivity index (χ1n) is 8.62. The number of carbonyl (C=O) groups excluding carboxylic acids is 1. The minimum absolute atomic E-state index is 0.110. The number of benzene rings is 3. The highest BCUT2D eigenvalue weighted by atomic mass is 79.9. The van der Waals surface area contributed by atoms with Crippen molar-refractivity contribution >= 4 is 83.1 Å². The van der Waals surface area contributed by atoms with Crippen molar-refractivity contribution in [1.29, 1.82) is 0 Å². The van der Waals surface area contributed by atoms with Crippen LogP contribution in [-0.4, -0.2) is 17.2 Å². The molecule has 3 rings (SSSR count). The quantitative estimate of drug-likeness (QED) is 0.217. The van der Waals surface area contributed by atoms with E-state index in [1.165, 1.54) is 18.3 Å². The Kier molecular flexibility index (Phi) is 8.41. The summed E-state index contributed by atoms with van der Waals surface area (Å²) in [7, 11) is 0. The number of rotatable bonds is 6. The molecule has 10 heteroatoms. The Hall–Kier alpha value is -1.58. The lowest BCUT2D eigenvalue weighted by Gasteiger charge is -2.12. The van der Waals surface area contributed by atoms with Crippen molar-refractivity contribution in [3.63, 3.8) is 0 Å². The van der Waals surface area contributed by atoms with Crippen LogP contribution < -0.4 is 10.2 Å². The zero-order chi connectivity index (χ0) is 22.5. The van der Waals surface area contributed by atoms with Crippen LogP contribution in [0, 0.1) is 0 Å². The van der Waals surface area contributed by atoms with Gasteiger partial charge in [-0.2, -0.15) is 5.10 Å². The van der Waals surface area contributed by atoms with Crippen LogP contribution in [0.15, 0.2) is 67.1 Å². The zero-order valence-electron chi connectivity index (χ0n) is 15.5. The Morgan fingerprint density at radius 1 is 1.06 bits per heavy atom. The first-order valence-corrected chi connectivity index (χ1v) is 11.8. The van der Waals surface area contributed by atoms with Gasteiger partial charge in [0.05, 0.1) is 20.7 Å². The number of carbonyl (C=O) groups is 1. The predicted molar refractivity (Wildman–Crippen MR) is 134 cm³/mol. The molecule has 0 unspecified atom stereocenters. The highest BCUT2D eigenvalue weighted by Gasteiger charge is 2.12. The molecule has 1 amide bonds. The molecule has 0 aromatic heterocycles. The van der Waals surface area contributed by atoms with Gasteiger partial charge in [0.25, 0.3) is 5.91 Å². The van der Waals surface area contributed by atoms with Crippen molar-refractivity contribution in [2.24, 2.45) is 5.10 Å². The number of aromatic hydroxyl groups is 1. The summed E-state index contributed by atoms with van der Waals surface area (Å²) >= 11 is 22.3. The topological polar surface area (TPSA) is 70.9 Å². The number of hydrazone groups is 1. The second-order valence-electron chi connectivity index (χ2n) is 6.20. The van der Waals surface area contributed by atoms with E-state index in [2.05, 4.69) is 58.3 Å². The molecule has 160 valence electrons. The van der Waals surface area contributed by atoms with Gasteiger partial charge >= 0.3 is 0 Å². The number of ether oxygens (including phenoxy) is 1. The lowest BCUT2D eigenvalue weighted by molar-refractivity contribution is 0.0952. The van der Waals surface area contributed by atoms with Crippen molar-refractivity contribution in [3.8, 4) is 11.5 Å². The van der Waals surface area contributed by atoms with Gasteiger partial charge in [-0.25, -0.2) is 5.43 Å². The van der Waals surface area contributed by atoms with E-state index in [0.29, 0.717) is 34.8 Å². The van der Waals surface area contributed by atoms with E-state index in [-0.39, 0.29) is 17.9 Å². The second-order valence-corrected chi connectivity index (χ2v) is 9.67. The van der Waals surface area contributed by atoms with Crippen LogP contribution in [0.2, 0.25) is 10.0 Å². The molecular weight excluding hydrogens is 639 g/mol. The molecule has 0 heterocycles. The maximum Gasteiger partial charge on any atom is 0.275 e. The van der Waals surface area contributed by atoms with Gasteiger partial charge in [0, 0.05) is 20.1 Å². The molecule has 2 N–H and O–H groups in total. The molecule has 0 aliphatic carbocycles. The van der Waals surface area contributed by atoms with Gasteiger partial charge in [-0.3, -0.25) is 4.79 Å². The Morgan fingerprint density at radius 3 is 2.45 bits per heavy atom. The minimum Gasteiger partial charge on any atom is -0.507 e. The average Bonchev–Trinajstić information content (AvgIpc) is 2.70. The fourth-order valence-corrected chi connectivity index (χ4v) is 4.77. The Labute approximate surface area is 213 Å². The third-order valence-corrected chi connectivity index (χ3v) is 6.25. The van der Waals surface area contributed by atoms with Gasteiger partial charge in [-0.1, -0.05) is 45.2 Å². The molecule has 0 fully saturated rings. The fourth-order valence-electron chi connectivity index (χ4n) is 2.50. The highest BCUT2D eigenvalue weighted by Crippen LogP contribution is 2.35. The van der Waals surface area contributed by atoms with Gasteiger partial charge in [-0.05, 0) is 79.9 Å². The summed E-state index contributed by atoms with van der Waals surface area (Å²) in [5.41, 5.74) is 4.00. The summed E-state index contributed by atoms with van der Waals surface area (Å²) in [6.45, 7) is 0.257. The second kappa shape index (κ2) is 10.8. The van der Waals surface area contributed by atoms with E-state index in [1.54, 1.807) is 36.4 Å². The summed E-state index contributed by atoms with van der Waals surface area (Å²) in [5.74, 6) is -0.0806. The van der Waals surface area contributed by atoms with E-state index >= 15 is 0 Å². The van der Waals surface area contributed by atoms with E-state index in [1.807, 2.05) is 0 Å². The van der Waals surface area contributed by atoms with Crippen LogP contribution in [0.5, 0.6) is 11.5 Å². The van der Waals surface area contributed by atoms with E-state index in [0.717, 1.165) is 5.56 Å². The molecule has 0 aliphatic rings. The molecule has 31 heavy (non-hydrogen) atoms. The summed E-state index contributed by atoms with van der Waals surface area (Å²) in [4.78, 5) is 12.2. The zero-order valence-corrected chi connectivity index (χ0v) is 21.8. The molecule has 0 saturated heterocycles. The third kappa shape index (κ3) is 6.46. The van der Waals surface area contributed by atoms with Gasteiger partial charge in [0.1, 0.15) is 18.1 Å². The first kappa shape index (κ1) is 24.1. The standard InChI is InChI=1S/C21H13Br3Cl2N2O3/c22-13-2-4-19(29)15(7-13)21(30)28-27-9-11-5-16(23)20(17(24)6-11)31-10-12-1-3-14(25)8-18(12)26/h1-9,29H,10H2,(H,28,30)/b27-9-. The van der Waals surface area contributed by atoms with E-state index < -0.39 is 5.91 Å². The van der Waals surface area contributed by atoms with Gasteiger partial charge in [0.2, 0.25) is 0 Å². The van der Waals surface area contributed by atoms with Crippen molar-refractivity contribution in [1.82, 2.24) is 5.43 Å². The number of nitrogens with zero attached hydrogens (tertiary/aromatic N) is 1. The van der Waals surface area contributed by atoms with Gasteiger partial charge in [-0.15, -0.1) is 0 Å². The fraction of sp³-hybridized carbons (Fsp3) is 0.0476. The molecule has 0 atom stereocenters. The smallest absolute Gasteiger partial charge is 0.275 e. The summed E-state index contributed by atoms with van der Waals surface area (Å²) in [6, 6.07) is 13.4. The molecule has 3 aromatic carbocycles. The number of amides is 1. The maximum absolute atomic E-state index is 12.2. The van der Waals surface area contributed by atoms with Crippen LogP contribution in [0.1, 0.15) is 21.5 Å². The lowest BCUT2D eigenvalue weighted by atomic mass is 10.2. The van der Waals surface area contributed by atoms with Crippen LogP contribution in [-0.2, 0) is 6.61 Å². The summed E-state index contributed by atoms with van der Waals surface area (Å²) < 4.78 is 7.92.